The van der Waals surface area contributed by atoms with Gasteiger partial charge in [0.2, 0.25) is 0 Å². The molecule has 4 aromatic rings. The Balaban J connectivity index is 1.32. The SMILES string of the molecule is O=C1[C@@H]2C3c4ccccc4C(c4ccccc43)[C@@H]2C(=O)[C@H]2C3c4ccccc4C(c4ccccc43)[C@H]12. The Hall–Kier alpha value is -3.78. The average Bonchev–Trinajstić information content (AvgIpc) is 2.95. The lowest BCUT2D eigenvalue weighted by Crippen LogP contribution is -2.60. The van der Waals surface area contributed by atoms with Crippen molar-refractivity contribution in [1.29, 1.82) is 0 Å². The van der Waals surface area contributed by atoms with Gasteiger partial charge in [0.15, 0.2) is 0 Å². The molecule has 4 atom stereocenters. The van der Waals surface area contributed by atoms with Crippen LogP contribution in [-0.4, -0.2) is 11.6 Å². The zero-order chi connectivity index (χ0) is 23.7. The minimum Gasteiger partial charge on any atom is -0.299 e. The van der Waals surface area contributed by atoms with E-state index in [1.807, 2.05) is 0 Å². The highest BCUT2D eigenvalue weighted by atomic mass is 16.1. The molecule has 2 heteroatoms. The first-order valence-electron chi connectivity index (χ1n) is 13.2. The molecule has 4 bridgehead atoms. The van der Waals surface area contributed by atoms with Crippen LogP contribution in [0.25, 0.3) is 0 Å². The lowest BCUT2D eigenvalue weighted by atomic mass is 9.42. The van der Waals surface area contributed by atoms with Gasteiger partial charge in [-0.25, -0.2) is 0 Å². The molecule has 1 saturated carbocycles. The first-order chi connectivity index (χ1) is 17.8. The molecule has 7 aliphatic rings. The van der Waals surface area contributed by atoms with Gasteiger partial charge in [-0.05, 0) is 44.5 Å². The van der Waals surface area contributed by atoms with E-state index in [0.717, 1.165) is 0 Å². The van der Waals surface area contributed by atoms with E-state index < -0.39 is 0 Å². The summed E-state index contributed by atoms with van der Waals surface area (Å²) in [6.45, 7) is 0. The fraction of sp³-hybridized carbons (Fsp3) is 0.235. The zero-order valence-electron chi connectivity index (χ0n) is 19.7. The molecule has 1 fully saturated rings. The fourth-order valence-corrected chi connectivity index (χ4v) is 9.17. The van der Waals surface area contributed by atoms with E-state index in [-0.39, 0.29) is 47.3 Å². The summed E-state index contributed by atoms with van der Waals surface area (Å²) in [4.78, 5) is 29.6. The van der Waals surface area contributed by atoms with Crippen LogP contribution in [-0.2, 0) is 9.59 Å². The van der Waals surface area contributed by atoms with Gasteiger partial charge in [-0.1, -0.05) is 97.1 Å². The van der Waals surface area contributed by atoms with Crippen molar-refractivity contribution in [2.24, 2.45) is 23.7 Å². The second-order valence-corrected chi connectivity index (χ2v) is 11.3. The lowest BCUT2D eigenvalue weighted by Gasteiger charge is -2.59. The van der Waals surface area contributed by atoms with Crippen LogP contribution in [0.4, 0.5) is 0 Å². The van der Waals surface area contributed by atoms with Crippen molar-refractivity contribution >= 4 is 11.6 Å². The summed E-state index contributed by atoms with van der Waals surface area (Å²) in [6.07, 6.45) is 0. The molecule has 172 valence electrons. The van der Waals surface area contributed by atoms with Crippen LogP contribution in [0.15, 0.2) is 97.1 Å². The maximum atomic E-state index is 14.8. The molecule has 0 saturated heterocycles. The Morgan fingerprint density at radius 2 is 0.472 bits per heavy atom. The minimum atomic E-state index is -0.271. The van der Waals surface area contributed by atoms with Gasteiger partial charge in [-0.15, -0.1) is 0 Å². The van der Waals surface area contributed by atoms with Crippen LogP contribution in [0.2, 0.25) is 0 Å². The van der Waals surface area contributed by atoms with Crippen molar-refractivity contribution in [3.8, 4) is 0 Å². The molecule has 4 aromatic carbocycles. The standard InChI is InChI=1S/C34H24O2/c35-33-29-25-17-9-1-2-10-18(17)26(20-12-4-3-11-19(20)25)30(29)34(36)32-28-23-15-7-5-13-21(23)27(31(32)33)22-14-6-8-16-24(22)28/h1-16,25-32H/t25?,26?,27?,28?,29-,30-,31-,32+/m0/s1. The third-order valence-electron chi connectivity index (χ3n) is 10.2. The van der Waals surface area contributed by atoms with Crippen LogP contribution in [0.3, 0.4) is 0 Å². The predicted molar refractivity (Wildman–Crippen MR) is 137 cm³/mol. The van der Waals surface area contributed by atoms with Gasteiger partial charge in [0.25, 0.3) is 0 Å². The number of rotatable bonds is 0. The number of hydrogen-bond donors (Lipinski definition) is 0. The van der Waals surface area contributed by atoms with E-state index in [9.17, 15) is 9.59 Å². The summed E-state index contributed by atoms with van der Waals surface area (Å²) in [7, 11) is 0. The van der Waals surface area contributed by atoms with Crippen molar-refractivity contribution in [3.05, 3.63) is 142 Å². The molecule has 7 aliphatic carbocycles. The van der Waals surface area contributed by atoms with E-state index in [0.29, 0.717) is 11.6 Å². The molecular formula is C34H24O2. The van der Waals surface area contributed by atoms with Crippen LogP contribution < -0.4 is 0 Å². The number of carbonyl (C=O) groups is 2. The van der Waals surface area contributed by atoms with Gasteiger partial charge in [0.05, 0.1) is 0 Å². The third-order valence-corrected chi connectivity index (χ3v) is 10.2. The molecule has 0 N–H and O–H groups in total. The quantitative estimate of drug-likeness (QED) is 0.311. The molecule has 0 amide bonds. The topological polar surface area (TPSA) is 34.1 Å². The summed E-state index contributed by atoms with van der Waals surface area (Å²) >= 11 is 0. The van der Waals surface area contributed by atoms with Gasteiger partial charge in [0, 0.05) is 47.3 Å². The van der Waals surface area contributed by atoms with E-state index in [2.05, 4.69) is 97.1 Å². The Kier molecular flexibility index (Phi) is 3.51. The second-order valence-electron chi connectivity index (χ2n) is 11.3. The Labute approximate surface area is 210 Å². The van der Waals surface area contributed by atoms with E-state index >= 15 is 0 Å². The first kappa shape index (κ1) is 19.4. The molecule has 11 rings (SSSR count). The number of hydrogen-bond acceptors (Lipinski definition) is 2. The van der Waals surface area contributed by atoms with E-state index in [1.165, 1.54) is 44.5 Å². The highest BCUT2D eigenvalue weighted by Crippen LogP contribution is 2.67. The number of benzene rings is 4. The summed E-state index contributed by atoms with van der Waals surface area (Å²) in [5.74, 6) is -0.568. The van der Waals surface area contributed by atoms with Crippen molar-refractivity contribution in [2.75, 3.05) is 0 Å². The van der Waals surface area contributed by atoms with Crippen molar-refractivity contribution in [2.45, 2.75) is 23.7 Å². The fourth-order valence-electron chi connectivity index (χ4n) is 9.17. The number of carbonyl (C=O) groups excluding carboxylic acids is 2. The number of ketones is 2. The van der Waals surface area contributed by atoms with Gasteiger partial charge in [0.1, 0.15) is 11.6 Å². The van der Waals surface area contributed by atoms with Crippen LogP contribution in [0.5, 0.6) is 0 Å². The monoisotopic (exact) mass is 464 g/mol. The maximum absolute atomic E-state index is 14.8. The van der Waals surface area contributed by atoms with Gasteiger partial charge in [-0.2, -0.15) is 0 Å². The Morgan fingerprint density at radius 3 is 0.639 bits per heavy atom. The predicted octanol–water partition coefficient (Wildman–Crippen LogP) is 6.19. The molecule has 0 radical (unpaired) electrons. The summed E-state index contributed by atoms with van der Waals surface area (Å²) < 4.78 is 0. The molecule has 0 aromatic heterocycles. The summed E-state index contributed by atoms with van der Waals surface area (Å²) in [5, 5.41) is 0. The highest BCUT2D eigenvalue weighted by Gasteiger charge is 2.66. The van der Waals surface area contributed by atoms with Crippen molar-refractivity contribution in [3.63, 3.8) is 0 Å². The third kappa shape index (κ3) is 2.05. The van der Waals surface area contributed by atoms with E-state index in [1.54, 1.807) is 0 Å². The second kappa shape index (κ2) is 6.50. The van der Waals surface area contributed by atoms with Gasteiger partial charge >= 0.3 is 0 Å². The largest absolute Gasteiger partial charge is 0.299 e. The molecule has 0 spiro atoms. The lowest BCUT2D eigenvalue weighted by molar-refractivity contribution is -0.152. The molecular weight excluding hydrogens is 440 g/mol. The van der Waals surface area contributed by atoms with E-state index in [4.69, 9.17) is 0 Å². The van der Waals surface area contributed by atoms with Gasteiger partial charge < -0.3 is 0 Å². The van der Waals surface area contributed by atoms with Crippen LogP contribution in [0.1, 0.15) is 68.2 Å². The Bertz CT molecular complexity index is 1310. The van der Waals surface area contributed by atoms with Crippen LogP contribution >= 0.6 is 0 Å². The molecule has 0 unspecified atom stereocenters. The minimum absolute atomic E-state index is 0.0317. The highest BCUT2D eigenvalue weighted by molar-refractivity contribution is 6.05. The average molecular weight is 465 g/mol. The molecule has 36 heavy (non-hydrogen) atoms. The maximum Gasteiger partial charge on any atom is 0.142 e. The molecule has 0 heterocycles. The van der Waals surface area contributed by atoms with Crippen LogP contribution in [0, 0.1) is 23.7 Å². The zero-order valence-corrected chi connectivity index (χ0v) is 19.7. The Morgan fingerprint density at radius 1 is 0.306 bits per heavy atom. The van der Waals surface area contributed by atoms with Crippen molar-refractivity contribution in [1.82, 2.24) is 0 Å². The first-order valence-corrected chi connectivity index (χ1v) is 13.2. The summed E-state index contributed by atoms with van der Waals surface area (Å²) in [5.41, 5.74) is 10.0. The molecule has 0 aliphatic heterocycles. The normalized spacial score (nSPS) is 33.7. The van der Waals surface area contributed by atoms with Crippen molar-refractivity contribution < 1.29 is 9.59 Å². The summed E-state index contributed by atoms with van der Waals surface area (Å²) in [6, 6.07) is 34.3. The smallest absolute Gasteiger partial charge is 0.142 e. The van der Waals surface area contributed by atoms with Gasteiger partial charge in [-0.3, -0.25) is 9.59 Å². The molecule has 2 nitrogen and oxygen atoms in total. The number of Topliss-reactive ketones (excluding diaryl/α,β-unsaturated/α-hetero) is 2.